The van der Waals surface area contributed by atoms with E-state index in [9.17, 15) is 0 Å². The number of hydrogen-bond acceptors (Lipinski definition) is 0. The molecule has 0 radical (unpaired) electrons. The number of rotatable bonds is 2. The zero-order chi connectivity index (χ0) is 4.12. The first-order valence-electron chi connectivity index (χ1n) is 1.63. The van der Waals surface area contributed by atoms with Gasteiger partial charge in [0.1, 0.15) is 0 Å². The zero-order valence-corrected chi connectivity index (χ0v) is 5.86. The van der Waals surface area contributed by atoms with Gasteiger partial charge in [-0.1, -0.05) is 12.2 Å². The standard InChI is InChI=1S/C5H8.Pt/c1-3-5-4-2;/h3-4H,1-2,5H2;. The molecule has 0 aromatic heterocycles. The third-order valence-electron chi connectivity index (χ3n) is 0.333. The van der Waals surface area contributed by atoms with Crippen molar-refractivity contribution < 1.29 is 21.1 Å². The minimum atomic E-state index is 0. The van der Waals surface area contributed by atoms with Gasteiger partial charge >= 0.3 is 0 Å². The van der Waals surface area contributed by atoms with Crippen molar-refractivity contribution in [1.29, 1.82) is 0 Å². The molecule has 1 heteroatoms. The van der Waals surface area contributed by atoms with Crippen LogP contribution in [0.25, 0.3) is 0 Å². The van der Waals surface area contributed by atoms with E-state index >= 15 is 0 Å². The van der Waals surface area contributed by atoms with Crippen LogP contribution in [0.15, 0.2) is 25.3 Å². The molecule has 0 unspecified atom stereocenters. The minimum absolute atomic E-state index is 0. The molecule has 0 aliphatic heterocycles. The van der Waals surface area contributed by atoms with Crippen LogP contribution in [0.3, 0.4) is 0 Å². The molecule has 0 spiro atoms. The molecule has 0 bridgehead atoms. The van der Waals surface area contributed by atoms with E-state index < -0.39 is 0 Å². The summed E-state index contributed by atoms with van der Waals surface area (Å²) in [6.45, 7) is 6.96. The molecule has 0 fully saturated rings. The SMILES string of the molecule is C=CCC=C.[Pt]. The molecule has 38 valence electrons. The van der Waals surface area contributed by atoms with Gasteiger partial charge in [0, 0.05) is 21.1 Å². The van der Waals surface area contributed by atoms with Crippen molar-refractivity contribution in [3.63, 3.8) is 0 Å². The Labute approximate surface area is 53.2 Å². The van der Waals surface area contributed by atoms with E-state index in [4.69, 9.17) is 0 Å². The quantitative estimate of drug-likeness (QED) is 0.666. The Balaban J connectivity index is 0. The monoisotopic (exact) mass is 263 g/mol. The van der Waals surface area contributed by atoms with Gasteiger partial charge in [-0.3, -0.25) is 0 Å². The molecule has 0 aliphatic carbocycles. The Morgan fingerprint density at radius 1 is 1.17 bits per heavy atom. The number of allylic oxidation sites excluding steroid dienone is 2. The van der Waals surface area contributed by atoms with Crippen LogP contribution in [-0.2, 0) is 21.1 Å². The largest absolute Gasteiger partial charge is 0.103 e. The number of hydrogen-bond donors (Lipinski definition) is 0. The summed E-state index contributed by atoms with van der Waals surface area (Å²) >= 11 is 0. The van der Waals surface area contributed by atoms with E-state index in [2.05, 4.69) is 13.2 Å². The van der Waals surface area contributed by atoms with Crippen LogP contribution in [0.1, 0.15) is 6.42 Å². The van der Waals surface area contributed by atoms with Crippen molar-refractivity contribution in [2.24, 2.45) is 0 Å². The molecule has 0 nitrogen and oxygen atoms in total. The van der Waals surface area contributed by atoms with Crippen molar-refractivity contribution in [2.75, 3.05) is 0 Å². The molecule has 0 aliphatic rings. The van der Waals surface area contributed by atoms with Gasteiger partial charge in [-0.25, -0.2) is 0 Å². The van der Waals surface area contributed by atoms with Gasteiger partial charge in [-0.2, -0.15) is 0 Å². The van der Waals surface area contributed by atoms with Gasteiger partial charge in [0.05, 0.1) is 0 Å². The summed E-state index contributed by atoms with van der Waals surface area (Å²) in [6.07, 6.45) is 4.54. The topological polar surface area (TPSA) is 0 Å². The Kier molecular flexibility index (Phi) is 14.1. The predicted molar refractivity (Wildman–Crippen MR) is 25.0 cm³/mol. The van der Waals surface area contributed by atoms with Crippen molar-refractivity contribution in [2.45, 2.75) is 6.42 Å². The molecular weight excluding hydrogens is 255 g/mol. The van der Waals surface area contributed by atoms with Crippen molar-refractivity contribution in [3.8, 4) is 0 Å². The van der Waals surface area contributed by atoms with Gasteiger partial charge in [0.2, 0.25) is 0 Å². The minimum Gasteiger partial charge on any atom is -0.103 e. The molecule has 0 amide bonds. The summed E-state index contributed by atoms with van der Waals surface area (Å²) in [5, 5.41) is 0. The van der Waals surface area contributed by atoms with Crippen LogP contribution in [0, 0.1) is 0 Å². The van der Waals surface area contributed by atoms with E-state index in [0.29, 0.717) is 0 Å². The van der Waals surface area contributed by atoms with Crippen molar-refractivity contribution >= 4 is 0 Å². The fraction of sp³-hybridized carbons (Fsp3) is 0.200. The summed E-state index contributed by atoms with van der Waals surface area (Å²) in [7, 11) is 0. The molecule has 6 heavy (non-hydrogen) atoms. The first-order valence-corrected chi connectivity index (χ1v) is 1.63. The molecule has 0 rings (SSSR count). The van der Waals surface area contributed by atoms with E-state index in [1.54, 1.807) is 0 Å². The summed E-state index contributed by atoms with van der Waals surface area (Å²) in [4.78, 5) is 0. The Morgan fingerprint density at radius 2 is 1.50 bits per heavy atom. The predicted octanol–water partition coefficient (Wildman–Crippen LogP) is 1.75. The van der Waals surface area contributed by atoms with Gasteiger partial charge in [-0.15, -0.1) is 13.2 Å². The first kappa shape index (κ1) is 9.48. The van der Waals surface area contributed by atoms with Crippen LogP contribution >= 0.6 is 0 Å². The molecule has 0 saturated heterocycles. The van der Waals surface area contributed by atoms with E-state index in [0.717, 1.165) is 6.42 Å². The zero-order valence-electron chi connectivity index (χ0n) is 3.59. The third-order valence-corrected chi connectivity index (χ3v) is 0.333. The molecule has 0 saturated carbocycles. The molecule has 0 heterocycles. The van der Waals surface area contributed by atoms with Crippen LogP contribution in [-0.4, -0.2) is 0 Å². The fourth-order valence-electron chi connectivity index (χ4n) is 0.118. The maximum absolute atomic E-state index is 3.48. The Morgan fingerprint density at radius 3 is 1.50 bits per heavy atom. The summed E-state index contributed by atoms with van der Waals surface area (Å²) < 4.78 is 0. The van der Waals surface area contributed by atoms with Crippen LogP contribution < -0.4 is 0 Å². The van der Waals surface area contributed by atoms with Gasteiger partial charge < -0.3 is 0 Å². The van der Waals surface area contributed by atoms with E-state index in [-0.39, 0.29) is 21.1 Å². The van der Waals surface area contributed by atoms with Crippen molar-refractivity contribution in [1.82, 2.24) is 0 Å². The van der Waals surface area contributed by atoms with E-state index in [1.807, 2.05) is 12.2 Å². The maximum atomic E-state index is 3.48. The molecule has 0 aromatic rings. The average Bonchev–Trinajstić information content (AvgIpc) is 1.41. The first-order chi connectivity index (χ1) is 2.41. The van der Waals surface area contributed by atoms with Crippen LogP contribution in [0.2, 0.25) is 0 Å². The molecule has 0 aromatic carbocycles. The second kappa shape index (κ2) is 8.95. The maximum Gasteiger partial charge on any atom is 0 e. The Hall–Kier alpha value is 0.168. The van der Waals surface area contributed by atoms with E-state index in [1.165, 1.54) is 0 Å². The molecular formula is C5H8Pt. The van der Waals surface area contributed by atoms with Gasteiger partial charge in [-0.05, 0) is 6.42 Å². The smallest absolute Gasteiger partial charge is 0 e. The van der Waals surface area contributed by atoms with Crippen molar-refractivity contribution in [3.05, 3.63) is 25.3 Å². The summed E-state index contributed by atoms with van der Waals surface area (Å²) in [6, 6.07) is 0. The third kappa shape index (κ3) is 8.90. The summed E-state index contributed by atoms with van der Waals surface area (Å²) in [5.74, 6) is 0. The second-order valence-corrected chi connectivity index (χ2v) is 0.813. The normalized spacial score (nSPS) is 5.33. The molecule has 0 atom stereocenters. The molecule has 0 N–H and O–H groups in total. The average molecular weight is 263 g/mol. The van der Waals surface area contributed by atoms with Gasteiger partial charge in [0.15, 0.2) is 0 Å². The van der Waals surface area contributed by atoms with Gasteiger partial charge in [0.25, 0.3) is 0 Å². The van der Waals surface area contributed by atoms with Crippen LogP contribution in [0.4, 0.5) is 0 Å². The fourth-order valence-corrected chi connectivity index (χ4v) is 0.118. The Bertz CT molecular complexity index is 33.2. The summed E-state index contributed by atoms with van der Waals surface area (Å²) in [5.41, 5.74) is 0. The van der Waals surface area contributed by atoms with Crippen LogP contribution in [0.5, 0.6) is 0 Å². The second-order valence-electron chi connectivity index (χ2n) is 0.813.